The van der Waals surface area contributed by atoms with Crippen LogP contribution < -0.4 is 10.2 Å². The van der Waals surface area contributed by atoms with Gasteiger partial charge in [-0.25, -0.2) is 9.97 Å². The summed E-state index contributed by atoms with van der Waals surface area (Å²) in [5.41, 5.74) is 1.80. The molecule has 0 radical (unpaired) electrons. The molecule has 4 nitrogen and oxygen atoms in total. The monoisotopic (exact) mass is 226 g/mol. The minimum atomic E-state index is 0.427. The van der Waals surface area contributed by atoms with E-state index >= 15 is 0 Å². The lowest BCUT2D eigenvalue weighted by molar-refractivity contribution is 0.944. The molecule has 1 heterocycles. The highest BCUT2D eigenvalue weighted by molar-refractivity contribution is 6.32. The van der Waals surface area contributed by atoms with E-state index in [1.807, 2.05) is 18.9 Å². The molecule has 0 fully saturated rings. The Morgan fingerprint density at radius 1 is 1.60 bits per heavy atom. The lowest BCUT2D eigenvalue weighted by Gasteiger charge is -2.20. The highest BCUT2D eigenvalue weighted by atomic mass is 35.5. The van der Waals surface area contributed by atoms with Crippen LogP contribution in [0.3, 0.4) is 0 Å². The molecule has 0 aliphatic heterocycles. The van der Waals surface area contributed by atoms with Crippen LogP contribution in [0.15, 0.2) is 18.5 Å². The molecule has 0 unspecified atom stereocenters. The van der Waals surface area contributed by atoms with Crippen LogP contribution >= 0.6 is 11.6 Å². The maximum absolute atomic E-state index is 5.95. The topological polar surface area (TPSA) is 41.1 Å². The standard InChI is InChI=1S/C10H15ClN4/c1-7(2)5-15(4)10-8(12-3)9(11)13-6-14-10/h6,12H,1,5H2,2-4H3. The van der Waals surface area contributed by atoms with Gasteiger partial charge in [-0.3, -0.25) is 0 Å². The summed E-state index contributed by atoms with van der Waals surface area (Å²) >= 11 is 5.95. The van der Waals surface area contributed by atoms with Gasteiger partial charge in [-0.1, -0.05) is 23.8 Å². The van der Waals surface area contributed by atoms with Crippen molar-refractivity contribution >= 4 is 23.1 Å². The molecule has 15 heavy (non-hydrogen) atoms. The molecule has 0 amide bonds. The minimum Gasteiger partial charge on any atom is -0.383 e. The van der Waals surface area contributed by atoms with Crippen molar-refractivity contribution < 1.29 is 0 Å². The van der Waals surface area contributed by atoms with Crippen molar-refractivity contribution in [3.63, 3.8) is 0 Å². The first-order chi connectivity index (χ1) is 7.06. The second-order valence-corrected chi connectivity index (χ2v) is 3.78. The molecular weight excluding hydrogens is 212 g/mol. The van der Waals surface area contributed by atoms with Gasteiger partial charge in [0.2, 0.25) is 0 Å². The van der Waals surface area contributed by atoms with Crippen molar-refractivity contribution in [3.8, 4) is 0 Å². The molecule has 0 aliphatic carbocycles. The third-order valence-corrected chi connectivity index (χ3v) is 2.19. The van der Waals surface area contributed by atoms with Gasteiger partial charge in [-0.2, -0.15) is 0 Å². The number of halogens is 1. The van der Waals surface area contributed by atoms with E-state index in [0.29, 0.717) is 5.15 Å². The molecule has 0 aromatic carbocycles. The Hall–Kier alpha value is -1.29. The number of anilines is 2. The molecule has 1 aromatic rings. The van der Waals surface area contributed by atoms with E-state index < -0.39 is 0 Å². The van der Waals surface area contributed by atoms with E-state index in [-0.39, 0.29) is 0 Å². The number of hydrogen-bond acceptors (Lipinski definition) is 4. The smallest absolute Gasteiger partial charge is 0.157 e. The van der Waals surface area contributed by atoms with Crippen LogP contribution in [0.2, 0.25) is 5.15 Å². The predicted octanol–water partition coefficient (Wildman–Crippen LogP) is 2.18. The van der Waals surface area contributed by atoms with Crippen LogP contribution in [-0.4, -0.2) is 30.6 Å². The van der Waals surface area contributed by atoms with E-state index in [1.54, 1.807) is 7.05 Å². The minimum absolute atomic E-state index is 0.427. The van der Waals surface area contributed by atoms with Crippen LogP contribution in [-0.2, 0) is 0 Å². The summed E-state index contributed by atoms with van der Waals surface area (Å²) in [4.78, 5) is 10.1. The molecule has 1 aromatic heterocycles. The van der Waals surface area contributed by atoms with Crippen LogP contribution in [0.4, 0.5) is 11.5 Å². The van der Waals surface area contributed by atoms with Crippen molar-refractivity contribution in [1.82, 2.24) is 9.97 Å². The van der Waals surface area contributed by atoms with Gasteiger partial charge in [0.1, 0.15) is 12.0 Å². The van der Waals surface area contributed by atoms with Crippen molar-refractivity contribution in [3.05, 3.63) is 23.6 Å². The van der Waals surface area contributed by atoms with Crippen molar-refractivity contribution in [2.75, 3.05) is 30.9 Å². The van der Waals surface area contributed by atoms with Crippen LogP contribution in [0.5, 0.6) is 0 Å². The fourth-order valence-corrected chi connectivity index (χ4v) is 1.56. The quantitative estimate of drug-likeness (QED) is 0.631. The summed E-state index contributed by atoms with van der Waals surface area (Å²) in [7, 11) is 3.73. The second kappa shape index (κ2) is 4.98. The summed E-state index contributed by atoms with van der Waals surface area (Å²) < 4.78 is 0. The third kappa shape index (κ3) is 2.83. The maximum atomic E-state index is 5.95. The molecule has 0 saturated carbocycles. The van der Waals surface area contributed by atoms with Gasteiger partial charge in [0, 0.05) is 20.6 Å². The molecule has 0 spiro atoms. The summed E-state index contributed by atoms with van der Waals surface area (Å²) in [6.45, 7) is 6.57. The molecule has 1 N–H and O–H groups in total. The number of hydrogen-bond donors (Lipinski definition) is 1. The van der Waals surface area contributed by atoms with E-state index in [4.69, 9.17) is 11.6 Å². The Labute approximate surface area is 95.0 Å². The molecule has 82 valence electrons. The second-order valence-electron chi connectivity index (χ2n) is 3.43. The van der Waals surface area contributed by atoms with Crippen molar-refractivity contribution in [2.24, 2.45) is 0 Å². The zero-order chi connectivity index (χ0) is 11.4. The maximum Gasteiger partial charge on any atom is 0.157 e. The van der Waals surface area contributed by atoms with Crippen molar-refractivity contribution in [1.29, 1.82) is 0 Å². The average Bonchev–Trinajstić information content (AvgIpc) is 2.16. The highest BCUT2D eigenvalue weighted by Crippen LogP contribution is 2.27. The van der Waals surface area contributed by atoms with Gasteiger partial charge in [0.25, 0.3) is 0 Å². The molecule has 0 bridgehead atoms. The first kappa shape index (κ1) is 11.8. The van der Waals surface area contributed by atoms with Crippen molar-refractivity contribution in [2.45, 2.75) is 6.92 Å². The van der Waals surface area contributed by atoms with Gasteiger partial charge in [0.05, 0.1) is 0 Å². The van der Waals surface area contributed by atoms with E-state index in [9.17, 15) is 0 Å². The average molecular weight is 227 g/mol. The van der Waals surface area contributed by atoms with Crippen LogP contribution in [0, 0.1) is 0 Å². The fourth-order valence-electron chi connectivity index (χ4n) is 1.34. The van der Waals surface area contributed by atoms with E-state index in [0.717, 1.165) is 23.6 Å². The third-order valence-electron chi connectivity index (χ3n) is 1.90. The van der Waals surface area contributed by atoms with Crippen LogP contribution in [0.25, 0.3) is 0 Å². The SMILES string of the molecule is C=C(C)CN(C)c1ncnc(Cl)c1NC. The first-order valence-corrected chi connectivity index (χ1v) is 4.97. The van der Waals surface area contributed by atoms with Gasteiger partial charge in [0.15, 0.2) is 11.0 Å². The lowest BCUT2D eigenvalue weighted by atomic mass is 10.3. The largest absolute Gasteiger partial charge is 0.383 e. The Morgan fingerprint density at radius 3 is 2.80 bits per heavy atom. The summed E-state index contributed by atoms with van der Waals surface area (Å²) in [6, 6.07) is 0. The number of aromatic nitrogens is 2. The zero-order valence-corrected chi connectivity index (χ0v) is 9.97. The van der Waals surface area contributed by atoms with E-state index in [2.05, 4.69) is 21.9 Å². The number of nitrogens with one attached hydrogen (secondary N) is 1. The molecule has 5 heteroatoms. The fraction of sp³-hybridized carbons (Fsp3) is 0.400. The van der Waals surface area contributed by atoms with Gasteiger partial charge >= 0.3 is 0 Å². The number of nitrogens with zero attached hydrogens (tertiary/aromatic N) is 3. The molecule has 1 rings (SSSR count). The highest BCUT2D eigenvalue weighted by Gasteiger charge is 2.11. The Morgan fingerprint density at radius 2 is 2.27 bits per heavy atom. The Kier molecular flexibility index (Phi) is 3.91. The summed E-state index contributed by atoms with van der Waals surface area (Å²) in [5.74, 6) is 0.778. The molecule has 0 atom stereocenters. The van der Waals surface area contributed by atoms with Gasteiger partial charge < -0.3 is 10.2 Å². The normalized spacial score (nSPS) is 9.87. The molecule has 0 aliphatic rings. The Balaban J connectivity index is 3.02. The predicted molar refractivity (Wildman–Crippen MR) is 64.7 cm³/mol. The lowest BCUT2D eigenvalue weighted by Crippen LogP contribution is -2.21. The Bertz CT molecular complexity index is 364. The summed E-state index contributed by atoms with van der Waals surface area (Å²) in [5, 5.41) is 3.42. The number of likely N-dealkylation sites (N-methyl/N-ethyl adjacent to an activating group) is 1. The summed E-state index contributed by atoms with van der Waals surface area (Å²) in [6.07, 6.45) is 1.45. The molecule has 0 saturated heterocycles. The first-order valence-electron chi connectivity index (χ1n) is 4.60. The van der Waals surface area contributed by atoms with E-state index in [1.165, 1.54) is 6.33 Å². The van der Waals surface area contributed by atoms with Gasteiger partial charge in [-0.05, 0) is 6.92 Å². The zero-order valence-electron chi connectivity index (χ0n) is 9.21. The van der Waals surface area contributed by atoms with Crippen LogP contribution in [0.1, 0.15) is 6.92 Å². The molecular formula is C10H15ClN4. The van der Waals surface area contributed by atoms with Gasteiger partial charge in [-0.15, -0.1) is 0 Å². The number of rotatable bonds is 4.